The van der Waals surface area contributed by atoms with E-state index in [4.69, 9.17) is 0 Å². The van der Waals surface area contributed by atoms with Crippen LogP contribution in [-0.2, 0) is 30.6 Å². The standard InChI is InChI=1S/C23H10F7N2S.C13H24O2.Ir/c24-21(22(25,26)27,23(28,29)30)20-16-10-13-6-2-1-5-12(13)9-15(16)19(31-32-20)18-11-14-7-3-4-8-17(14)33-18;1-5-10(6-2)12(14)9-13(15)11(7-3)8-4;/h1-10H;9-11,14H,5-8H2,1-4H3;/q-1;;/b;12-9-;. The minimum atomic E-state index is -6.30. The number of halogens is 7. The Balaban J connectivity index is 0.000000347. The van der Waals surface area contributed by atoms with Crippen molar-refractivity contribution in [1.29, 1.82) is 0 Å². The van der Waals surface area contributed by atoms with E-state index in [1.807, 2.05) is 27.7 Å². The van der Waals surface area contributed by atoms with Gasteiger partial charge in [-0.05, 0) is 57.5 Å². The quantitative estimate of drug-likeness (QED) is 0.0527. The van der Waals surface area contributed by atoms with E-state index < -0.39 is 29.1 Å². The minimum Gasteiger partial charge on any atom is -0.512 e. The van der Waals surface area contributed by atoms with Crippen LogP contribution in [0.15, 0.2) is 72.5 Å². The molecule has 265 valence electrons. The van der Waals surface area contributed by atoms with E-state index in [2.05, 4.69) is 16.3 Å². The van der Waals surface area contributed by atoms with E-state index in [0.717, 1.165) is 36.4 Å². The number of aliphatic hydroxyl groups excluding tert-OH is 1. The molecule has 5 rings (SSSR count). The van der Waals surface area contributed by atoms with Crippen LogP contribution in [0.5, 0.6) is 0 Å². The molecule has 0 aliphatic rings. The summed E-state index contributed by atoms with van der Waals surface area (Å²) in [5.41, 5.74) is -7.52. The van der Waals surface area contributed by atoms with Crippen LogP contribution >= 0.6 is 11.3 Å². The maximum Gasteiger partial charge on any atom is 0.437 e. The number of carbonyl (C=O) groups is 1. The third kappa shape index (κ3) is 8.15. The van der Waals surface area contributed by atoms with Crippen molar-refractivity contribution in [3.05, 3.63) is 84.3 Å². The number of hydrogen-bond donors (Lipinski definition) is 1. The summed E-state index contributed by atoms with van der Waals surface area (Å²) >= 11 is 1.20. The molecule has 4 nitrogen and oxygen atoms in total. The molecule has 3 aromatic carbocycles. The van der Waals surface area contributed by atoms with Crippen molar-refractivity contribution in [3.8, 4) is 10.6 Å². The molecule has 13 heteroatoms. The molecule has 0 fully saturated rings. The summed E-state index contributed by atoms with van der Waals surface area (Å²) in [4.78, 5) is 12.1. The molecule has 1 N–H and O–H groups in total. The first-order valence-electron chi connectivity index (χ1n) is 15.5. The summed E-state index contributed by atoms with van der Waals surface area (Å²) in [6.45, 7) is 8.07. The second-order valence-electron chi connectivity index (χ2n) is 11.3. The number of fused-ring (bicyclic) bond motifs is 3. The summed E-state index contributed by atoms with van der Waals surface area (Å²) < 4.78 is 96.9. The van der Waals surface area contributed by atoms with Gasteiger partial charge in [-0.1, -0.05) is 70.2 Å². The van der Waals surface area contributed by atoms with Gasteiger partial charge in [0, 0.05) is 49.1 Å². The van der Waals surface area contributed by atoms with E-state index in [1.54, 1.807) is 42.5 Å². The molecular weight excluding hydrogens is 850 g/mol. The maximum atomic E-state index is 15.0. The fourth-order valence-electron chi connectivity index (χ4n) is 5.49. The molecule has 0 bridgehead atoms. The molecule has 5 aromatic rings. The fraction of sp³-hybridized carbons (Fsp3) is 0.361. The molecule has 49 heavy (non-hydrogen) atoms. The Labute approximate surface area is 296 Å². The first-order chi connectivity index (χ1) is 22.6. The van der Waals surface area contributed by atoms with Gasteiger partial charge >= 0.3 is 18.0 Å². The average molecular weight is 884 g/mol. The Hall–Kier alpha value is -3.41. The second kappa shape index (κ2) is 16.1. The Morgan fingerprint density at radius 1 is 0.796 bits per heavy atom. The molecule has 0 atom stereocenters. The molecule has 0 unspecified atom stereocenters. The van der Waals surface area contributed by atoms with Gasteiger partial charge in [0.2, 0.25) is 0 Å². The second-order valence-corrected chi connectivity index (χ2v) is 12.4. The number of hydrogen-bond acceptors (Lipinski definition) is 5. The normalized spacial score (nSPS) is 12.8. The van der Waals surface area contributed by atoms with Crippen molar-refractivity contribution >= 4 is 48.8 Å². The fourth-order valence-corrected chi connectivity index (χ4v) is 6.50. The van der Waals surface area contributed by atoms with Crippen LogP contribution in [0, 0.1) is 17.9 Å². The topological polar surface area (TPSA) is 63.1 Å². The number of alkyl halides is 7. The van der Waals surface area contributed by atoms with Crippen LogP contribution in [0.25, 0.3) is 42.2 Å². The zero-order valence-corrected chi connectivity index (χ0v) is 30.2. The monoisotopic (exact) mass is 884 g/mol. The molecule has 0 amide bonds. The molecule has 0 aliphatic carbocycles. The Morgan fingerprint density at radius 3 is 1.82 bits per heavy atom. The number of nitrogens with zero attached hydrogens (tertiary/aromatic N) is 2. The van der Waals surface area contributed by atoms with Gasteiger partial charge in [-0.25, -0.2) is 15.7 Å². The van der Waals surface area contributed by atoms with Crippen LogP contribution in [-0.4, -0.2) is 33.4 Å². The molecule has 2 heterocycles. The molecule has 0 spiro atoms. The summed E-state index contributed by atoms with van der Waals surface area (Å²) in [6, 6.07) is 19.0. The number of aliphatic hydroxyl groups is 1. The Kier molecular flexibility index (Phi) is 13.1. The first kappa shape index (κ1) is 40.0. The van der Waals surface area contributed by atoms with Crippen molar-refractivity contribution in [2.75, 3.05) is 0 Å². The third-order valence-corrected chi connectivity index (χ3v) is 9.47. The van der Waals surface area contributed by atoms with Crippen LogP contribution in [0.4, 0.5) is 30.7 Å². The predicted octanol–water partition coefficient (Wildman–Crippen LogP) is 11.6. The van der Waals surface area contributed by atoms with Gasteiger partial charge in [0.15, 0.2) is 5.78 Å². The van der Waals surface area contributed by atoms with Crippen LogP contribution in [0.3, 0.4) is 0 Å². The van der Waals surface area contributed by atoms with Gasteiger partial charge in [0.1, 0.15) is 5.69 Å². The summed E-state index contributed by atoms with van der Waals surface area (Å²) in [7, 11) is 0. The zero-order valence-electron chi connectivity index (χ0n) is 27.0. The van der Waals surface area contributed by atoms with Gasteiger partial charge in [0.25, 0.3) is 0 Å². The Morgan fingerprint density at radius 2 is 1.31 bits per heavy atom. The van der Waals surface area contributed by atoms with E-state index >= 15 is 4.39 Å². The van der Waals surface area contributed by atoms with Gasteiger partial charge in [-0.15, -0.1) is 23.6 Å². The largest absolute Gasteiger partial charge is 0.512 e. The summed E-state index contributed by atoms with van der Waals surface area (Å²) in [6.07, 6.45) is -7.70. The van der Waals surface area contributed by atoms with E-state index in [-0.39, 0.29) is 54.6 Å². The summed E-state index contributed by atoms with van der Waals surface area (Å²) in [5, 5.41) is 17.5. The van der Waals surface area contributed by atoms with Crippen molar-refractivity contribution < 1.29 is 60.7 Å². The third-order valence-electron chi connectivity index (χ3n) is 8.40. The van der Waals surface area contributed by atoms with Gasteiger partial charge in [-0.3, -0.25) is 4.79 Å². The molecule has 2 aromatic heterocycles. The number of ketones is 1. The number of aromatic nitrogens is 2. The van der Waals surface area contributed by atoms with E-state index in [0.29, 0.717) is 21.0 Å². The average Bonchev–Trinajstić information content (AvgIpc) is 3.47. The van der Waals surface area contributed by atoms with Gasteiger partial charge < -0.3 is 5.11 Å². The minimum absolute atomic E-state index is 0. The number of allylic oxidation sites excluding steroid dienone is 2. The number of carbonyl (C=O) groups excluding carboxylic acids is 1. The number of thiophene rings is 1. The predicted molar refractivity (Wildman–Crippen MR) is 175 cm³/mol. The SMILES string of the molecule is CCC(CC)C(=O)/C=C(\O)C(CC)CC.FC(F)(F)C(F)(c1nnc(-c2[c-]c3ccccc3s2)c2cc3ccccc3cc12)C(F)(F)F.[Ir]. The first-order valence-corrected chi connectivity index (χ1v) is 16.3. The van der Waals surface area contributed by atoms with Crippen molar-refractivity contribution in [2.45, 2.75) is 71.4 Å². The molecule has 0 aliphatic heterocycles. The molecular formula is C36H34F7IrN2O2S-. The molecule has 0 saturated heterocycles. The van der Waals surface area contributed by atoms with Gasteiger partial charge in [0.05, 0.1) is 5.76 Å². The molecule has 1 radical (unpaired) electrons. The number of benzene rings is 3. The summed E-state index contributed by atoms with van der Waals surface area (Å²) in [5.74, 6) is 0.547. The van der Waals surface area contributed by atoms with Crippen LogP contribution in [0.2, 0.25) is 0 Å². The van der Waals surface area contributed by atoms with E-state index in [1.165, 1.54) is 29.5 Å². The smallest absolute Gasteiger partial charge is 0.437 e. The Bertz CT molecular complexity index is 1880. The van der Waals surface area contributed by atoms with E-state index in [9.17, 15) is 36.2 Å². The zero-order chi connectivity index (χ0) is 35.4. The van der Waals surface area contributed by atoms with Gasteiger partial charge in [-0.2, -0.15) is 36.5 Å². The van der Waals surface area contributed by atoms with Crippen LogP contribution in [0.1, 0.15) is 59.1 Å². The van der Waals surface area contributed by atoms with Crippen molar-refractivity contribution in [3.63, 3.8) is 0 Å². The van der Waals surface area contributed by atoms with Crippen LogP contribution < -0.4 is 0 Å². The number of rotatable bonds is 9. The maximum absolute atomic E-state index is 15.0. The molecule has 0 saturated carbocycles. The van der Waals surface area contributed by atoms with Crippen molar-refractivity contribution in [1.82, 2.24) is 10.2 Å². The van der Waals surface area contributed by atoms with Crippen molar-refractivity contribution in [2.24, 2.45) is 11.8 Å².